The summed E-state index contributed by atoms with van der Waals surface area (Å²) < 4.78 is 0. The summed E-state index contributed by atoms with van der Waals surface area (Å²) in [6.45, 7) is 0. The smallest absolute Gasteiger partial charge is 0.870 e. The fourth-order valence-electron chi connectivity index (χ4n) is 0. The third-order valence-corrected chi connectivity index (χ3v) is 0. The Bertz CT molecular complexity index is 13.0. The molecule has 0 aliphatic heterocycles. The van der Waals surface area contributed by atoms with E-state index in [-0.39, 0.29) is 112 Å². The minimum atomic E-state index is 0. The summed E-state index contributed by atoms with van der Waals surface area (Å²) in [7, 11) is 0. The standard InChI is InChI=1S/Co.Ni.6H2O.Sr/h;;6*1H2;/q2*+2;;;;;;;+2/p-6. The molecule has 0 heterocycles. The van der Waals surface area contributed by atoms with Crippen molar-refractivity contribution in [1.29, 1.82) is 0 Å². The Morgan fingerprint density at radius 3 is 0.444 bits per heavy atom. The van der Waals surface area contributed by atoms with Crippen molar-refractivity contribution in [2.45, 2.75) is 0 Å². The van der Waals surface area contributed by atoms with Gasteiger partial charge in [0.2, 0.25) is 0 Å². The van der Waals surface area contributed by atoms with Crippen molar-refractivity contribution >= 4 is 45.5 Å². The van der Waals surface area contributed by atoms with E-state index in [1.807, 2.05) is 0 Å². The van der Waals surface area contributed by atoms with E-state index in [9.17, 15) is 0 Å². The monoisotopic (exact) mass is 307 g/mol. The summed E-state index contributed by atoms with van der Waals surface area (Å²) in [6, 6.07) is 0. The number of hydrogen-bond donors (Lipinski definition) is 0. The van der Waals surface area contributed by atoms with Crippen LogP contribution in [0.15, 0.2) is 0 Å². The predicted octanol–water partition coefficient (Wildman–Crippen LogP) is -1.45. The zero-order chi connectivity index (χ0) is 0. The average molecular weight is 307 g/mol. The van der Waals surface area contributed by atoms with E-state index in [1.165, 1.54) is 0 Å². The van der Waals surface area contributed by atoms with Crippen molar-refractivity contribution in [2.24, 2.45) is 0 Å². The molecule has 9 heavy (non-hydrogen) atoms. The molecule has 0 fully saturated rings. The minimum Gasteiger partial charge on any atom is -0.870 e. The van der Waals surface area contributed by atoms with Crippen LogP contribution in [-0.4, -0.2) is 78.3 Å². The van der Waals surface area contributed by atoms with Gasteiger partial charge >= 0.3 is 78.8 Å². The normalized spacial score (nSPS) is 0. The van der Waals surface area contributed by atoms with Crippen LogP contribution >= 0.6 is 0 Å². The Balaban J connectivity index is 0. The average Bonchev–Trinajstić information content (AvgIpc) is 0. The molecule has 1 radical (unpaired) electrons. The SMILES string of the molecule is [Co+2].[Ni+2].[OH-].[OH-].[OH-].[OH-].[OH-].[OH-].[Sr+2]. The molecule has 0 spiro atoms. The molecule has 0 atom stereocenters. The molecule has 0 rings (SSSR count). The minimum absolute atomic E-state index is 0. The van der Waals surface area contributed by atoms with Gasteiger partial charge in [-0.2, -0.15) is 0 Å². The molecule has 0 aliphatic rings. The molecule has 0 aliphatic carbocycles. The molecule has 6 nitrogen and oxygen atoms in total. The topological polar surface area (TPSA) is 180 Å². The molecule has 0 aromatic rings. The van der Waals surface area contributed by atoms with E-state index >= 15 is 0 Å². The third kappa shape index (κ3) is 139. The quantitative estimate of drug-likeness (QED) is 0.493. The Hall–Kier alpha value is 2.24. The van der Waals surface area contributed by atoms with Gasteiger partial charge in [-0.1, -0.05) is 0 Å². The maximum atomic E-state index is 0. The Morgan fingerprint density at radius 2 is 0.444 bits per heavy atom. The van der Waals surface area contributed by atoms with Crippen molar-refractivity contribution in [3.8, 4) is 0 Å². The van der Waals surface area contributed by atoms with Gasteiger partial charge in [-0.15, -0.1) is 0 Å². The second kappa shape index (κ2) is 174. The van der Waals surface area contributed by atoms with Gasteiger partial charge in [0.1, 0.15) is 0 Å². The van der Waals surface area contributed by atoms with Crippen LogP contribution in [0.5, 0.6) is 0 Å². The van der Waals surface area contributed by atoms with Crippen LogP contribution in [0.3, 0.4) is 0 Å². The fraction of sp³-hybridized carbons (Fsp3) is 0. The maximum absolute atomic E-state index is 0. The second-order valence-electron chi connectivity index (χ2n) is 0. The van der Waals surface area contributed by atoms with Crippen molar-refractivity contribution in [3.63, 3.8) is 0 Å². The molecule has 0 bridgehead atoms. The van der Waals surface area contributed by atoms with Crippen LogP contribution in [0.1, 0.15) is 0 Å². The molecule has 0 aromatic heterocycles. The molecule has 6 N–H and O–H groups in total. The summed E-state index contributed by atoms with van der Waals surface area (Å²) >= 11 is 0. The van der Waals surface area contributed by atoms with Crippen LogP contribution in [0.25, 0.3) is 0 Å². The summed E-state index contributed by atoms with van der Waals surface area (Å²) in [4.78, 5) is 0. The molecule has 9 heteroatoms. The van der Waals surface area contributed by atoms with Gasteiger partial charge in [0, 0.05) is 0 Å². The van der Waals surface area contributed by atoms with E-state index < -0.39 is 0 Å². The summed E-state index contributed by atoms with van der Waals surface area (Å²) in [5.41, 5.74) is 0. The van der Waals surface area contributed by atoms with Crippen molar-refractivity contribution in [2.75, 3.05) is 0 Å². The van der Waals surface area contributed by atoms with Crippen molar-refractivity contribution < 1.29 is 66.1 Å². The van der Waals surface area contributed by atoms with Crippen LogP contribution in [0, 0.1) is 0 Å². The van der Waals surface area contributed by atoms with Gasteiger partial charge in [0.15, 0.2) is 0 Å². The van der Waals surface area contributed by atoms with Crippen molar-refractivity contribution in [1.82, 2.24) is 0 Å². The molecule has 0 saturated heterocycles. The van der Waals surface area contributed by atoms with Gasteiger partial charge < -0.3 is 32.9 Å². The second-order valence-corrected chi connectivity index (χ2v) is 0. The zero-order valence-electron chi connectivity index (χ0n) is 4.04. The Morgan fingerprint density at radius 1 is 0.444 bits per heavy atom. The molecular formula is H6CoNiO6Sr. The zero-order valence-corrected chi connectivity index (χ0v) is 9.54. The predicted molar refractivity (Wildman–Crippen MR) is 17.4 cm³/mol. The van der Waals surface area contributed by atoms with Gasteiger partial charge in [-0.25, -0.2) is 0 Å². The van der Waals surface area contributed by atoms with Crippen molar-refractivity contribution in [3.05, 3.63) is 0 Å². The first kappa shape index (κ1) is 235. The molecule has 0 saturated carbocycles. The van der Waals surface area contributed by atoms with E-state index in [2.05, 4.69) is 0 Å². The maximum Gasteiger partial charge on any atom is 2.00 e. The van der Waals surface area contributed by atoms with Crippen LogP contribution in [0.4, 0.5) is 0 Å². The summed E-state index contributed by atoms with van der Waals surface area (Å²) in [5, 5.41) is 0. The molecule has 0 amide bonds. The van der Waals surface area contributed by atoms with E-state index in [0.717, 1.165) is 0 Å². The Kier molecular flexibility index (Phi) is 4540. The van der Waals surface area contributed by atoms with Crippen LogP contribution in [-0.2, 0) is 33.3 Å². The van der Waals surface area contributed by atoms with Crippen LogP contribution in [0.2, 0.25) is 0 Å². The van der Waals surface area contributed by atoms with E-state index in [4.69, 9.17) is 0 Å². The fourth-order valence-corrected chi connectivity index (χ4v) is 0. The first-order chi connectivity index (χ1) is 0. The number of hydrogen-bond acceptors (Lipinski definition) is 6. The van der Waals surface area contributed by atoms with Crippen LogP contribution < -0.4 is 0 Å². The first-order valence-corrected chi connectivity index (χ1v) is 0. The summed E-state index contributed by atoms with van der Waals surface area (Å²) in [5.74, 6) is 0. The largest absolute Gasteiger partial charge is 2.00 e. The third-order valence-electron chi connectivity index (χ3n) is 0. The molecule has 0 unspecified atom stereocenters. The number of rotatable bonds is 0. The first-order valence-electron chi connectivity index (χ1n) is 0. The van der Waals surface area contributed by atoms with Gasteiger partial charge in [-0.05, 0) is 0 Å². The molecule has 0 aromatic carbocycles. The van der Waals surface area contributed by atoms with Gasteiger partial charge in [0.05, 0.1) is 0 Å². The van der Waals surface area contributed by atoms with E-state index in [0.29, 0.717) is 0 Å². The van der Waals surface area contributed by atoms with Gasteiger partial charge in [0.25, 0.3) is 0 Å². The Labute approximate surface area is 110 Å². The molecule has 63 valence electrons. The summed E-state index contributed by atoms with van der Waals surface area (Å²) in [6.07, 6.45) is 0. The molecular weight excluding hydrogens is 301 g/mol. The van der Waals surface area contributed by atoms with E-state index in [1.54, 1.807) is 0 Å². The van der Waals surface area contributed by atoms with Gasteiger partial charge in [-0.3, -0.25) is 0 Å².